The molecule has 1 heterocycles. The third-order valence-electron chi connectivity index (χ3n) is 4.14. The Morgan fingerprint density at radius 2 is 2.23 bits per heavy atom. The normalized spacial score (nSPS) is 21.1. The van der Waals surface area contributed by atoms with E-state index in [-0.39, 0.29) is 24.4 Å². The van der Waals surface area contributed by atoms with Gasteiger partial charge in [0, 0.05) is 19.1 Å². The van der Waals surface area contributed by atoms with Crippen molar-refractivity contribution in [3.63, 3.8) is 0 Å². The van der Waals surface area contributed by atoms with Gasteiger partial charge in [0.1, 0.15) is 5.75 Å². The van der Waals surface area contributed by atoms with Crippen molar-refractivity contribution in [1.29, 1.82) is 0 Å². The number of halogens is 1. The van der Waals surface area contributed by atoms with E-state index in [9.17, 15) is 4.79 Å². The highest BCUT2D eigenvalue weighted by atomic mass is 35.5. The maximum Gasteiger partial charge on any atom is 0.226 e. The topological polar surface area (TPSA) is 55.6 Å². The molecule has 1 fully saturated rings. The molecule has 0 saturated carbocycles. The van der Waals surface area contributed by atoms with E-state index >= 15 is 0 Å². The Morgan fingerprint density at radius 1 is 1.45 bits per heavy atom. The number of amides is 1. The Balaban J connectivity index is 0.00000242. The van der Waals surface area contributed by atoms with Crippen LogP contribution in [-0.2, 0) is 4.79 Å². The van der Waals surface area contributed by atoms with E-state index in [4.69, 9.17) is 10.5 Å². The van der Waals surface area contributed by atoms with Crippen LogP contribution in [0.4, 0.5) is 0 Å². The van der Waals surface area contributed by atoms with Crippen LogP contribution in [0, 0.1) is 12.8 Å². The van der Waals surface area contributed by atoms with Crippen LogP contribution in [0.3, 0.4) is 0 Å². The number of likely N-dealkylation sites (tertiary alicyclic amines) is 1. The number of carbonyl (C=O) groups is 1. The zero-order chi connectivity index (χ0) is 15.2. The summed E-state index contributed by atoms with van der Waals surface area (Å²) in [6.07, 6.45) is 2.50. The first-order chi connectivity index (χ1) is 10.1. The van der Waals surface area contributed by atoms with Gasteiger partial charge in [-0.3, -0.25) is 4.79 Å². The minimum atomic E-state index is 0. The number of hydrogen-bond acceptors (Lipinski definition) is 3. The molecule has 1 amide bonds. The van der Waals surface area contributed by atoms with E-state index in [1.165, 1.54) is 0 Å². The van der Waals surface area contributed by atoms with Gasteiger partial charge in [-0.15, -0.1) is 12.4 Å². The zero-order valence-electron chi connectivity index (χ0n) is 13.5. The van der Waals surface area contributed by atoms with E-state index < -0.39 is 0 Å². The number of carbonyl (C=O) groups excluding carboxylic acids is 1. The van der Waals surface area contributed by atoms with Gasteiger partial charge < -0.3 is 15.4 Å². The lowest BCUT2D eigenvalue weighted by Crippen LogP contribution is -2.49. The maximum atomic E-state index is 12.3. The van der Waals surface area contributed by atoms with Gasteiger partial charge in [0.15, 0.2) is 0 Å². The monoisotopic (exact) mass is 326 g/mol. The van der Waals surface area contributed by atoms with E-state index in [2.05, 4.69) is 6.92 Å². The van der Waals surface area contributed by atoms with Gasteiger partial charge in [-0.2, -0.15) is 0 Å². The number of nitrogens with two attached hydrogens (primary N) is 1. The summed E-state index contributed by atoms with van der Waals surface area (Å²) in [5.74, 6) is 1.64. The standard InChI is InChI=1S/C17H26N2O2.ClH/c1-13-4-3-5-16(11-13)21-9-7-17(20)19-8-6-14(2)10-15(19)12-18;/h3-5,11,14-15H,6-10,12,18H2,1-2H3;1H. The Morgan fingerprint density at radius 3 is 2.91 bits per heavy atom. The molecule has 2 rings (SSSR count). The lowest BCUT2D eigenvalue weighted by molar-refractivity contribution is -0.135. The summed E-state index contributed by atoms with van der Waals surface area (Å²) in [4.78, 5) is 14.3. The van der Waals surface area contributed by atoms with Crippen LogP contribution in [0.15, 0.2) is 24.3 Å². The molecule has 5 heteroatoms. The van der Waals surface area contributed by atoms with E-state index in [1.807, 2.05) is 36.1 Å². The van der Waals surface area contributed by atoms with Gasteiger partial charge in [0.05, 0.1) is 13.0 Å². The van der Waals surface area contributed by atoms with Gasteiger partial charge in [-0.05, 0) is 43.4 Å². The summed E-state index contributed by atoms with van der Waals surface area (Å²) >= 11 is 0. The third kappa shape index (κ3) is 5.18. The number of piperidine rings is 1. The Labute approximate surface area is 139 Å². The summed E-state index contributed by atoms with van der Waals surface area (Å²) in [5, 5.41) is 0. The van der Waals surface area contributed by atoms with Crippen molar-refractivity contribution in [3.8, 4) is 5.75 Å². The van der Waals surface area contributed by atoms with Crippen molar-refractivity contribution in [1.82, 2.24) is 4.90 Å². The molecule has 0 aromatic heterocycles. The molecule has 22 heavy (non-hydrogen) atoms. The predicted octanol–water partition coefficient (Wildman–Crippen LogP) is 2.77. The lowest BCUT2D eigenvalue weighted by Gasteiger charge is -2.38. The van der Waals surface area contributed by atoms with Gasteiger partial charge in [-0.1, -0.05) is 19.1 Å². The third-order valence-corrected chi connectivity index (χ3v) is 4.14. The van der Waals surface area contributed by atoms with Gasteiger partial charge in [0.25, 0.3) is 0 Å². The second kappa shape index (κ2) is 9.01. The van der Waals surface area contributed by atoms with E-state index in [0.29, 0.717) is 25.5 Å². The molecule has 4 nitrogen and oxygen atoms in total. The predicted molar refractivity (Wildman–Crippen MR) is 91.5 cm³/mol. The van der Waals surface area contributed by atoms with Crippen LogP contribution < -0.4 is 10.5 Å². The van der Waals surface area contributed by atoms with Crippen molar-refractivity contribution in [2.24, 2.45) is 11.7 Å². The van der Waals surface area contributed by atoms with Crippen LogP contribution in [0.2, 0.25) is 0 Å². The first-order valence-corrected chi connectivity index (χ1v) is 7.79. The van der Waals surface area contributed by atoms with Crippen LogP contribution in [0.25, 0.3) is 0 Å². The van der Waals surface area contributed by atoms with Crippen molar-refractivity contribution in [2.75, 3.05) is 19.7 Å². The highest BCUT2D eigenvalue weighted by molar-refractivity contribution is 5.85. The molecule has 124 valence electrons. The van der Waals surface area contributed by atoms with Crippen LogP contribution in [-0.4, -0.2) is 36.5 Å². The minimum Gasteiger partial charge on any atom is -0.493 e. The molecule has 2 N–H and O–H groups in total. The fourth-order valence-electron chi connectivity index (χ4n) is 2.91. The van der Waals surface area contributed by atoms with Crippen molar-refractivity contribution in [3.05, 3.63) is 29.8 Å². The van der Waals surface area contributed by atoms with Crippen LogP contribution in [0.1, 0.15) is 31.7 Å². The van der Waals surface area contributed by atoms with E-state index in [0.717, 1.165) is 30.7 Å². The summed E-state index contributed by atoms with van der Waals surface area (Å²) in [6.45, 7) is 6.05. The number of ether oxygens (including phenoxy) is 1. The molecule has 0 radical (unpaired) electrons. The highest BCUT2D eigenvalue weighted by Crippen LogP contribution is 2.22. The smallest absolute Gasteiger partial charge is 0.226 e. The number of nitrogens with zero attached hydrogens (tertiary/aromatic N) is 1. The number of aryl methyl sites for hydroxylation is 1. The summed E-state index contributed by atoms with van der Waals surface area (Å²) in [5.41, 5.74) is 6.96. The van der Waals surface area contributed by atoms with Gasteiger partial charge in [-0.25, -0.2) is 0 Å². The maximum absolute atomic E-state index is 12.3. The lowest BCUT2D eigenvalue weighted by atomic mass is 9.92. The van der Waals surface area contributed by atoms with Crippen molar-refractivity contribution >= 4 is 18.3 Å². The van der Waals surface area contributed by atoms with Crippen molar-refractivity contribution < 1.29 is 9.53 Å². The summed E-state index contributed by atoms with van der Waals surface area (Å²) in [7, 11) is 0. The quantitative estimate of drug-likeness (QED) is 0.905. The van der Waals surface area contributed by atoms with Crippen molar-refractivity contribution in [2.45, 2.75) is 39.2 Å². The minimum absolute atomic E-state index is 0. The van der Waals surface area contributed by atoms with Gasteiger partial charge in [0.2, 0.25) is 5.91 Å². The fraction of sp³-hybridized carbons (Fsp3) is 0.588. The number of hydrogen-bond donors (Lipinski definition) is 1. The molecule has 0 spiro atoms. The molecule has 0 bridgehead atoms. The molecule has 2 unspecified atom stereocenters. The number of rotatable bonds is 5. The van der Waals surface area contributed by atoms with Crippen LogP contribution in [0.5, 0.6) is 5.75 Å². The van der Waals surface area contributed by atoms with E-state index in [1.54, 1.807) is 0 Å². The van der Waals surface area contributed by atoms with Gasteiger partial charge >= 0.3 is 0 Å². The zero-order valence-corrected chi connectivity index (χ0v) is 14.3. The molecule has 1 aliphatic rings. The Bertz CT molecular complexity index is 481. The average molecular weight is 327 g/mol. The second-order valence-corrected chi connectivity index (χ2v) is 6.02. The first-order valence-electron chi connectivity index (χ1n) is 7.79. The molecule has 1 aliphatic heterocycles. The molecular formula is C17H27ClN2O2. The molecule has 0 aliphatic carbocycles. The molecule has 2 atom stereocenters. The highest BCUT2D eigenvalue weighted by Gasteiger charge is 2.28. The molecular weight excluding hydrogens is 300 g/mol. The molecule has 1 aromatic rings. The number of benzene rings is 1. The Hall–Kier alpha value is -1.26. The SMILES string of the molecule is Cc1cccc(OCCC(=O)N2CCC(C)CC2CN)c1.Cl. The average Bonchev–Trinajstić information content (AvgIpc) is 2.47. The first kappa shape index (κ1) is 18.8. The summed E-state index contributed by atoms with van der Waals surface area (Å²) < 4.78 is 5.66. The molecule has 1 aromatic carbocycles. The Kier molecular flexibility index (Phi) is 7.69. The molecule has 1 saturated heterocycles. The summed E-state index contributed by atoms with van der Waals surface area (Å²) in [6, 6.07) is 8.08. The fourth-order valence-corrected chi connectivity index (χ4v) is 2.91. The van der Waals surface area contributed by atoms with Crippen LogP contribution >= 0.6 is 12.4 Å². The largest absolute Gasteiger partial charge is 0.493 e. The second-order valence-electron chi connectivity index (χ2n) is 6.02.